The Balaban J connectivity index is 0.000000160. The quantitative estimate of drug-likeness (QED) is 0.264. The Morgan fingerprint density at radius 2 is 1.26 bits per heavy atom. The number of halogens is 2. The first-order chi connectivity index (χ1) is 18.9. The molecule has 5 N–H and O–H groups in total. The lowest BCUT2D eigenvalue weighted by Gasteiger charge is -2.29. The number of pyridine rings is 2. The highest BCUT2D eigenvalue weighted by Gasteiger charge is 2.19. The molecule has 6 heterocycles. The maximum atomic E-state index is 11.2. The second-order valence-corrected chi connectivity index (χ2v) is 9.71. The summed E-state index contributed by atoms with van der Waals surface area (Å²) >= 11 is 11.9. The summed E-state index contributed by atoms with van der Waals surface area (Å²) in [6, 6.07) is 6.98. The second-order valence-electron chi connectivity index (χ2n) is 8.93. The minimum absolute atomic E-state index is 0.206. The molecule has 2 saturated heterocycles. The normalized spacial score (nSPS) is 15.7. The third kappa shape index (κ3) is 6.50. The minimum atomic E-state index is -0.206. The van der Waals surface area contributed by atoms with E-state index in [1.807, 2.05) is 6.07 Å². The van der Waals surface area contributed by atoms with E-state index < -0.39 is 0 Å². The third-order valence-electron chi connectivity index (χ3n) is 6.12. The number of piperazine rings is 2. The molecule has 0 radical (unpaired) electrons. The zero-order valence-electron chi connectivity index (χ0n) is 21.3. The van der Waals surface area contributed by atoms with Crippen LogP contribution < -0.4 is 31.5 Å². The number of anilines is 4. The summed E-state index contributed by atoms with van der Waals surface area (Å²) < 4.78 is 0. The van der Waals surface area contributed by atoms with Crippen LogP contribution in [0.5, 0.6) is 0 Å². The highest BCUT2D eigenvalue weighted by Crippen LogP contribution is 2.26. The van der Waals surface area contributed by atoms with Crippen LogP contribution in [0.3, 0.4) is 0 Å². The van der Waals surface area contributed by atoms with Crippen molar-refractivity contribution in [2.75, 3.05) is 73.2 Å². The molecule has 0 spiro atoms. The molecule has 4 aromatic rings. The fourth-order valence-electron chi connectivity index (χ4n) is 4.38. The number of hydrogen-bond donors (Lipinski definition) is 4. The predicted molar refractivity (Wildman–Crippen MR) is 154 cm³/mol. The van der Waals surface area contributed by atoms with E-state index in [1.165, 1.54) is 6.92 Å². The maximum absolute atomic E-state index is 11.2. The van der Waals surface area contributed by atoms with Crippen molar-refractivity contribution < 1.29 is 4.79 Å². The summed E-state index contributed by atoms with van der Waals surface area (Å²) in [5.74, 6) is 1.81. The van der Waals surface area contributed by atoms with Crippen molar-refractivity contribution in [3.8, 4) is 0 Å². The van der Waals surface area contributed by atoms with Crippen molar-refractivity contribution in [3.05, 3.63) is 34.6 Å². The molecule has 0 aromatic carbocycles. The van der Waals surface area contributed by atoms with Gasteiger partial charge in [0, 0.05) is 59.3 Å². The van der Waals surface area contributed by atoms with E-state index in [2.05, 4.69) is 55.7 Å². The van der Waals surface area contributed by atoms with Crippen LogP contribution >= 0.6 is 23.2 Å². The van der Waals surface area contributed by atoms with E-state index in [4.69, 9.17) is 28.9 Å². The summed E-state index contributed by atoms with van der Waals surface area (Å²) in [6.45, 7) is 8.41. The molecule has 2 fully saturated rings. The monoisotopic (exact) mass is 570 g/mol. The van der Waals surface area contributed by atoms with Gasteiger partial charge >= 0.3 is 0 Å². The molecule has 6 rings (SSSR count). The molecule has 39 heavy (non-hydrogen) atoms. The van der Waals surface area contributed by atoms with Crippen LogP contribution in [-0.4, -0.2) is 88.2 Å². The number of hydrogen-bond acceptors (Lipinski definition) is 12. The number of nitrogens with one attached hydrogen (secondary N) is 3. The van der Waals surface area contributed by atoms with Gasteiger partial charge in [0.05, 0.1) is 11.0 Å². The van der Waals surface area contributed by atoms with Crippen molar-refractivity contribution >= 4 is 74.7 Å². The smallest absolute Gasteiger partial charge is 0.232 e. The lowest BCUT2D eigenvalue weighted by Crippen LogP contribution is -2.44. The number of nitrogens with two attached hydrogens (primary N) is 1. The van der Waals surface area contributed by atoms with Gasteiger partial charge in [-0.1, -0.05) is 23.2 Å². The number of fused-ring (bicyclic) bond motifs is 2. The van der Waals surface area contributed by atoms with Crippen LogP contribution in [0.25, 0.3) is 22.1 Å². The average Bonchev–Trinajstić information content (AvgIpc) is 2.93. The largest absolute Gasteiger partial charge is 0.368 e. The second kappa shape index (κ2) is 12.0. The minimum Gasteiger partial charge on any atom is -0.368 e. The molecule has 0 saturated carbocycles. The average molecular weight is 571 g/mol. The van der Waals surface area contributed by atoms with Crippen LogP contribution in [0.4, 0.5) is 23.5 Å². The summed E-state index contributed by atoms with van der Waals surface area (Å²) in [7, 11) is 0. The molecule has 0 unspecified atom stereocenters. The van der Waals surface area contributed by atoms with Crippen molar-refractivity contribution in [1.29, 1.82) is 0 Å². The Morgan fingerprint density at radius 1 is 0.769 bits per heavy atom. The number of amides is 1. The van der Waals surface area contributed by atoms with Gasteiger partial charge in [-0.3, -0.25) is 10.1 Å². The summed E-state index contributed by atoms with van der Waals surface area (Å²) in [5, 5.41) is 10.0. The first-order valence-corrected chi connectivity index (χ1v) is 13.3. The topological polar surface area (TPSA) is 163 Å². The molecule has 0 atom stereocenters. The van der Waals surface area contributed by atoms with Gasteiger partial charge in [0.2, 0.25) is 17.8 Å². The van der Waals surface area contributed by atoms with Gasteiger partial charge in [-0.15, -0.1) is 0 Å². The van der Waals surface area contributed by atoms with Gasteiger partial charge in [-0.25, -0.2) is 19.9 Å². The molecule has 15 heteroatoms. The first kappa shape index (κ1) is 26.9. The van der Waals surface area contributed by atoms with Crippen molar-refractivity contribution in [2.24, 2.45) is 0 Å². The Bertz CT molecular complexity index is 1490. The van der Waals surface area contributed by atoms with Crippen molar-refractivity contribution in [1.82, 2.24) is 40.5 Å². The number of carbonyl (C=O) groups excluding carboxylic acids is 1. The summed E-state index contributed by atoms with van der Waals surface area (Å²) in [4.78, 5) is 41.4. The molecule has 1 amide bonds. The molecule has 2 aliphatic heterocycles. The summed E-state index contributed by atoms with van der Waals surface area (Å²) in [6.07, 6.45) is 0. The molecular weight excluding hydrogens is 543 g/mol. The van der Waals surface area contributed by atoms with Crippen molar-refractivity contribution in [3.63, 3.8) is 0 Å². The van der Waals surface area contributed by atoms with E-state index >= 15 is 0 Å². The van der Waals surface area contributed by atoms with Crippen LogP contribution in [0.15, 0.2) is 24.3 Å². The lowest BCUT2D eigenvalue weighted by molar-refractivity contribution is -0.114. The van der Waals surface area contributed by atoms with Crippen LogP contribution in [0.2, 0.25) is 10.3 Å². The zero-order valence-corrected chi connectivity index (χ0v) is 22.8. The lowest BCUT2D eigenvalue weighted by atomic mass is 10.3. The zero-order chi connectivity index (χ0) is 27.4. The van der Waals surface area contributed by atoms with Crippen LogP contribution in [0.1, 0.15) is 6.92 Å². The molecule has 0 bridgehead atoms. The SMILES string of the molecule is CC(=O)Nc1nc(N2CCNCC2)c2nc(Cl)ccc2n1.Nc1nc(N2CCNCC2)c2nc(Cl)ccc2n1. The molecule has 0 aliphatic carbocycles. The maximum Gasteiger partial charge on any atom is 0.232 e. The van der Waals surface area contributed by atoms with E-state index in [0.717, 1.165) is 63.7 Å². The third-order valence-corrected chi connectivity index (χ3v) is 6.54. The van der Waals surface area contributed by atoms with Crippen LogP contribution in [-0.2, 0) is 4.79 Å². The highest BCUT2D eigenvalue weighted by atomic mass is 35.5. The van der Waals surface area contributed by atoms with Gasteiger partial charge in [-0.05, 0) is 24.3 Å². The van der Waals surface area contributed by atoms with Gasteiger partial charge in [0.1, 0.15) is 21.3 Å². The van der Waals surface area contributed by atoms with E-state index in [1.54, 1.807) is 18.2 Å². The van der Waals surface area contributed by atoms with Gasteiger partial charge in [0.15, 0.2) is 11.6 Å². The Kier molecular flexibility index (Phi) is 8.31. The fourth-order valence-corrected chi connectivity index (χ4v) is 4.67. The van der Waals surface area contributed by atoms with Gasteiger partial charge in [0.25, 0.3) is 0 Å². The molecule has 204 valence electrons. The van der Waals surface area contributed by atoms with Gasteiger partial charge in [-0.2, -0.15) is 9.97 Å². The van der Waals surface area contributed by atoms with E-state index in [-0.39, 0.29) is 17.8 Å². The fraction of sp³-hybridized carbons (Fsp3) is 0.375. The standard InChI is InChI=1S/C13H15ClN6O.C11H13ClN6/c1-8(21)16-13-17-9-2-3-10(14)18-11(9)12(19-13)20-6-4-15-5-7-20;12-8-2-1-7-9(16-8)10(17-11(13)15-7)18-5-3-14-4-6-18/h2-3,15H,4-7H2,1H3,(H,16,17,19,21);1-2,14H,3-6H2,(H2,13,15,17). The number of rotatable bonds is 3. The molecular formula is C24H28Cl2N12O. The number of carbonyl (C=O) groups is 1. The van der Waals surface area contributed by atoms with Crippen LogP contribution in [0, 0.1) is 0 Å². The number of nitrogens with zero attached hydrogens (tertiary/aromatic N) is 8. The number of aromatic nitrogens is 6. The Morgan fingerprint density at radius 3 is 1.77 bits per heavy atom. The highest BCUT2D eigenvalue weighted by molar-refractivity contribution is 6.30. The predicted octanol–water partition coefficient (Wildman–Crippen LogP) is 1.72. The first-order valence-electron chi connectivity index (χ1n) is 12.5. The molecule has 2 aliphatic rings. The molecule has 13 nitrogen and oxygen atoms in total. The summed E-state index contributed by atoms with van der Waals surface area (Å²) in [5.41, 5.74) is 8.48. The van der Waals surface area contributed by atoms with Gasteiger partial charge < -0.3 is 26.2 Å². The number of nitrogen functional groups attached to an aromatic ring is 1. The van der Waals surface area contributed by atoms with E-state index in [9.17, 15) is 4.79 Å². The Hall–Kier alpha value is -3.65. The van der Waals surface area contributed by atoms with Crippen molar-refractivity contribution in [2.45, 2.75) is 6.92 Å². The molecule has 4 aromatic heterocycles. The Labute approximate surface area is 234 Å². The van der Waals surface area contributed by atoms with E-state index in [0.29, 0.717) is 32.7 Å².